The minimum absolute atomic E-state index is 0.138. The summed E-state index contributed by atoms with van der Waals surface area (Å²) in [5.41, 5.74) is 8.58. The number of carbonyl (C=O) groups is 1. The number of rotatable bonds is 4. The number of aliphatic imine (C=N–C) groups is 1. The van der Waals surface area contributed by atoms with Crippen LogP contribution < -0.4 is 5.73 Å². The lowest BCUT2D eigenvalue weighted by molar-refractivity contribution is 0.0697. The first-order valence-electron chi connectivity index (χ1n) is 6.75. The molecule has 0 aliphatic heterocycles. The van der Waals surface area contributed by atoms with Crippen molar-refractivity contribution in [3.05, 3.63) is 66.2 Å². The van der Waals surface area contributed by atoms with Gasteiger partial charge in [0.2, 0.25) is 0 Å². The van der Waals surface area contributed by atoms with Crippen molar-refractivity contribution in [2.24, 2.45) is 4.99 Å². The fraction of sp³-hybridized carbons (Fsp3) is 0. The number of aromatic nitrogens is 3. The third-order valence-electron chi connectivity index (χ3n) is 3.20. The van der Waals surface area contributed by atoms with Crippen LogP contribution in [-0.4, -0.2) is 32.1 Å². The van der Waals surface area contributed by atoms with Crippen molar-refractivity contribution in [2.45, 2.75) is 0 Å². The third-order valence-corrected chi connectivity index (χ3v) is 3.20. The van der Waals surface area contributed by atoms with Crippen LogP contribution >= 0.6 is 0 Å². The molecule has 0 atom stereocenters. The van der Waals surface area contributed by atoms with Crippen LogP contribution in [0.1, 0.15) is 15.9 Å². The predicted octanol–water partition coefficient (Wildman–Crippen LogP) is 2.30. The number of carboxylic acid groups (broad SMARTS) is 1. The van der Waals surface area contributed by atoms with Gasteiger partial charge in [0.15, 0.2) is 0 Å². The first kappa shape index (κ1) is 14.5. The van der Waals surface area contributed by atoms with E-state index in [0.29, 0.717) is 11.4 Å². The highest BCUT2D eigenvalue weighted by molar-refractivity contribution is 5.91. The normalized spacial score (nSPS) is 11.0. The molecule has 0 aliphatic carbocycles. The molecule has 0 saturated carbocycles. The first-order chi connectivity index (χ1) is 11.1. The van der Waals surface area contributed by atoms with E-state index in [4.69, 9.17) is 10.8 Å². The molecule has 0 fully saturated rings. The van der Waals surface area contributed by atoms with Gasteiger partial charge in [0, 0.05) is 6.21 Å². The van der Waals surface area contributed by atoms with Crippen molar-refractivity contribution >= 4 is 23.6 Å². The van der Waals surface area contributed by atoms with Gasteiger partial charge in [0.25, 0.3) is 0 Å². The summed E-state index contributed by atoms with van der Waals surface area (Å²) in [5, 5.41) is 13.0. The van der Waals surface area contributed by atoms with Gasteiger partial charge in [-0.1, -0.05) is 12.1 Å². The Morgan fingerprint density at radius 3 is 2.61 bits per heavy atom. The zero-order chi connectivity index (χ0) is 16.2. The van der Waals surface area contributed by atoms with Gasteiger partial charge in [-0.2, -0.15) is 5.10 Å². The molecule has 1 heterocycles. The van der Waals surface area contributed by atoms with Crippen LogP contribution in [0.4, 0.5) is 11.4 Å². The number of benzene rings is 2. The summed E-state index contributed by atoms with van der Waals surface area (Å²) >= 11 is 0. The molecule has 0 spiro atoms. The van der Waals surface area contributed by atoms with Crippen LogP contribution in [0.3, 0.4) is 0 Å². The highest BCUT2D eigenvalue weighted by Gasteiger charge is 2.05. The fourth-order valence-corrected chi connectivity index (χ4v) is 2.00. The zero-order valence-electron chi connectivity index (χ0n) is 12.0. The summed E-state index contributed by atoms with van der Waals surface area (Å²) in [4.78, 5) is 19.1. The number of nitrogens with zero attached hydrogens (tertiary/aromatic N) is 4. The number of anilines is 1. The summed E-state index contributed by atoms with van der Waals surface area (Å²) in [5.74, 6) is -1.02. The van der Waals surface area contributed by atoms with Crippen LogP contribution in [0.25, 0.3) is 5.69 Å². The van der Waals surface area contributed by atoms with E-state index in [-0.39, 0.29) is 5.56 Å². The highest BCUT2D eigenvalue weighted by atomic mass is 16.4. The number of nitrogen functional groups attached to an aromatic ring is 1. The summed E-state index contributed by atoms with van der Waals surface area (Å²) < 4.78 is 1.66. The lowest BCUT2D eigenvalue weighted by Gasteiger charge is -2.02. The molecule has 3 N–H and O–H groups in total. The van der Waals surface area contributed by atoms with E-state index in [1.54, 1.807) is 23.3 Å². The number of aromatic carboxylic acids is 1. The first-order valence-corrected chi connectivity index (χ1v) is 6.75. The molecule has 2 aromatic carbocycles. The maximum atomic E-state index is 10.9. The Morgan fingerprint density at radius 2 is 2.00 bits per heavy atom. The minimum Gasteiger partial charge on any atom is -0.478 e. The van der Waals surface area contributed by atoms with Crippen LogP contribution in [0, 0.1) is 0 Å². The fourth-order valence-electron chi connectivity index (χ4n) is 2.00. The SMILES string of the molecule is Nc1cc(C(=O)O)ccc1N=Cc1ccc(-n2cncn2)cc1. The Labute approximate surface area is 131 Å². The van der Waals surface area contributed by atoms with Crippen LogP contribution in [0.2, 0.25) is 0 Å². The summed E-state index contributed by atoms with van der Waals surface area (Å²) in [6.45, 7) is 0. The molecule has 114 valence electrons. The van der Waals surface area contributed by atoms with Gasteiger partial charge in [0.1, 0.15) is 12.7 Å². The predicted molar refractivity (Wildman–Crippen MR) is 86.4 cm³/mol. The topological polar surface area (TPSA) is 106 Å². The number of hydrogen-bond donors (Lipinski definition) is 2. The molecule has 7 heteroatoms. The molecule has 0 saturated heterocycles. The smallest absolute Gasteiger partial charge is 0.335 e. The maximum Gasteiger partial charge on any atom is 0.335 e. The van der Waals surface area contributed by atoms with Crippen molar-refractivity contribution in [1.29, 1.82) is 0 Å². The van der Waals surface area contributed by atoms with Crippen molar-refractivity contribution in [3.8, 4) is 5.69 Å². The molecule has 3 rings (SSSR count). The van der Waals surface area contributed by atoms with E-state index in [1.165, 1.54) is 18.5 Å². The van der Waals surface area contributed by atoms with Crippen LogP contribution in [0.15, 0.2) is 60.1 Å². The minimum atomic E-state index is -1.02. The van der Waals surface area contributed by atoms with Crippen LogP contribution in [0.5, 0.6) is 0 Å². The van der Waals surface area contributed by atoms with Gasteiger partial charge in [-0.25, -0.2) is 14.5 Å². The second kappa shape index (κ2) is 6.10. The van der Waals surface area contributed by atoms with Crippen molar-refractivity contribution < 1.29 is 9.90 Å². The van der Waals surface area contributed by atoms with Gasteiger partial charge in [-0.15, -0.1) is 0 Å². The van der Waals surface area contributed by atoms with Crippen molar-refractivity contribution in [3.63, 3.8) is 0 Å². The second-order valence-corrected chi connectivity index (χ2v) is 4.77. The average Bonchev–Trinajstić information content (AvgIpc) is 3.08. The van der Waals surface area contributed by atoms with E-state index in [0.717, 1.165) is 11.3 Å². The Hall–Kier alpha value is -3.48. The monoisotopic (exact) mass is 307 g/mol. The average molecular weight is 307 g/mol. The Balaban J connectivity index is 1.79. The lowest BCUT2D eigenvalue weighted by Crippen LogP contribution is -1.97. The van der Waals surface area contributed by atoms with Crippen LogP contribution in [-0.2, 0) is 0 Å². The van der Waals surface area contributed by atoms with Gasteiger partial charge in [-0.05, 0) is 35.9 Å². The number of carboxylic acids is 1. The third kappa shape index (κ3) is 3.24. The summed E-state index contributed by atoms with van der Waals surface area (Å²) in [7, 11) is 0. The molecule has 7 nitrogen and oxygen atoms in total. The Kier molecular flexibility index (Phi) is 3.84. The molecular formula is C16H13N5O2. The van der Waals surface area contributed by atoms with E-state index in [1.807, 2.05) is 24.3 Å². The van der Waals surface area contributed by atoms with E-state index < -0.39 is 5.97 Å². The van der Waals surface area contributed by atoms with Gasteiger partial charge in [0.05, 0.1) is 22.6 Å². The van der Waals surface area contributed by atoms with E-state index in [9.17, 15) is 4.79 Å². The second-order valence-electron chi connectivity index (χ2n) is 4.77. The number of hydrogen-bond acceptors (Lipinski definition) is 5. The highest BCUT2D eigenvalue weighted by Crippen LogP contribution is 2.23. The van der Waals surface area contributed by atoms with Gasteiger partial charge < -0.3 is 10.8 Å². The largest absolute Gasteiger partial charge is 0.478 e. The molecule has 0 aliphatic rings. The Bertz CT molecular complexity index is 855. The molecular weight excluding hydrogens is 294 g/mol. The molecule has 3 aromatic rings. The molecule has 0 bridgehead atoms. The maximum absolute atomic E-state index is 10.9. The summed E-state index contributed by atoms with van der Waals surface area (Å²) in [6, 6.07) is 12.0. The Morgan fingerprint density at radius 1 is 1.22 bits per heavy atom. The summed E-state index contributed by atoms with van der Waals surface area (Å²) in [6.07, 6.45) is 4.75. The molecule has 1 aromatic heterocycles. The van der Waals surface area contributed by atoms with Crippen molar-refractivity contribution in [2.75, 3.05) is 5.73 Å². The standard InChI is InChI=1S/C16H13N5O2/c17-14-7-12(16(22)23)3-6-15(14)19-8-11-1-4-13(5-2-11)21-10-18-9-20-21/h1-10H,17H2,(H,22,23). The molecule has 0 radical (unpaired) electrons. The van der Waals surface area contributed by atoms with E-state index in [2.05, 4.69) is 15.1 Å². The molecule has 0 unspecified atom stereocenters. The molecule has 0 amide bonds. The van der Waals surface area contributed by atoms with Gasteiger partial charge in [-0.3, -0.25) is 4.99 Å². The molecule has 23 heavy (non-hydrogen) atoms. The zero-order valence-corrected chi connectivity index (χ0v) is 12.0. The quantitative estimate of drug-likeness (QED) is 0.568. The lowest BCUT2D eigenvalue weighted by atomic mass is 10.1. The van der Waals surface area contributed by atoms with Gasteiger partial charge >= 0.3 is 5.97 Å². The van der Waals surface area contributed by atoms with E-state index >= 15 is 0 Å². The number of nitrogens with two attached hydrogens (primary N) is 1. The van der Waals surface area contributed by atoms with Crippen molar-refractivity contribution in [1.82, 2.24) is 14.8 Å².